The summed E-state index contributed by atoms with van der Waals surface area (Å²) in [5, 5.41) is 12.0. The van der Waals surface area contributed by atoms with Gasteiger partial charge in [0.2, 0.25) is 5.91 Å². The van der Waals surface area contributed by atoms with Gasteiger partial charge in [0.15, 0.2) is 0 Å². The van der Waals surface area contributed by atoms with Gasteiger partial charge >= 0.3 is 5.97 Å². The number of hydrogen-bond acceptors (Lipinski definition) is 4. The molecule has 1 saturated heterocycles. The number of nitrogen functional groups attached to an aromatic ring is 1. The second kappa shape index (κ2) is 5.70. The van der Waals surface area contributed by atoms with Crippen LogP contribution in [0.2, 0.25) is 0 Å². The van der Waals surface area contributed by atoms with E-state index in [1.807, 2.05) is 4.90 Å². The van der Waals surface area contributed by atoms with Gasteiger partial charge in [-0.3, -0.25) is 4.79 Å². The highest BCUT2D eigenvalue weighted by molar-refractivity contribution is 9.10. The Balaban J connectivity index is 2.23. The second-order valence-electron chi connectivity index (χ2n) is 4.83. The Morgan fingerprint density at radius 1 is 1.50 bits per heavy atom. The number of halogens is 1. The summed E-state index contributed by atoms with van der Waals surface area (Å²) in [5.74, 6) is -1.10. The molecule has 20 heavy (non-hydrogen) atoms. The van der Waals surface area contributed by atoms with E-state index >= 15 is 0 Å². The molecule has 0 bridgehead atoms. The minimum Gasteiger partial charge on any atom is -0.478 e. The Bertz CT molecular complexity index is 562. The Hall–Kier alpha value is -1.76. The first kappa shape index (κ1) is 14.6. The Morgan fingerprint density at radius 2 is 2.20 bits per heavy atom. The number of nitrogens with one attached hydrogen (secondary N) is 1. The van der Waals surface area contributed by atoms with Crippen molar-refractivity contribution < 1.29 is 14.7 Å². The van der Waals surface area contributed by atoms with Crippen LogP contribution < -0.4 is 16.0 Å². The van der Waals surface area contributed by atoms with Crippen LogP contribution in [0.25, 0.3) is 0 Å². The molecular formula is C13H16BrN3O3. The van der Waals surface area contributed by atoms with Gasteiger partial charge in [0.1, 0.15) is 0 Å². The molecule has 1 aliphatic heterocycles. The van der Waals surface area contributed by atoms with Crippen LogP contribution in [-0.4, -0.2) is 36.1 Å². The summed E-state index contributed by atoms with van der Waals surface area (Å²) < 4.78 is 0.753. The summed E-state index contributed by atoms with van der Waals surface area (Å²) in [4.78, 5) is 24.2. The third-order valence-electron chi connectivity index (χ3n) is 3.29. The molecule has 4 N–H and O–H groups in total. The fourth-order valence-corrected chi connectivity index (χ4v) is 3.00. The highest BCUT2D eigenvalue weighted by Crippen LogP contribution is 2.33. The number of amides is 1. The van der Waals surface area contributed by atoms with E-state index in [-0.39, 0.29) is 23.2 Å². The van der Waals surface area contributed by atoms with Crippen molar-refractivity contribution in [3.63, 3.8) is 0 Å². The zero-order chi connectivity index (χ0) is 14.9. The molecule has 6 nitrogen and oxygen atoms in total. The first-order valence-corrected chi connectivity index (χ1v) is 7.02. The van der Waals surface area contributed by atoms with Crippen LogP contribution in [0.5, 0.6) is 0 Å². The van der Waals surface area contributed by atoms with Gasteiger partial charge in [0.05, 0.1) is 11.3 Å². The molecule has 1 aromatic rings. The Labute approximate surface area is 125 Å². The molecule has 108 valence electrons. The van der Waals surface area contributed by atoms with Crippen LogP contribution in [0.3, 0.4) is 0 Å². The van der Waals surface area contributed by atoms with Crippen LogP contribution >= 0.6 is 15.9 Å². The normalized spacial score (nSPS) is 18.1. The van der Waals surface area contributed by atoms with E-state index in [1.54, 1.807) is 12.1 Å². The molecular weight excluding hydrogens is 326 g/mol. The second-order valence-corrected chi connectivity index (χ2v) is 5.68. The van der Waals surface area contributed by atoms with Crippen molar-refractivity contribution in [2.75, 3.05) is 23.7 Å². The van der Waals surface area contributed by atoms with Gasteiger partial charge in [-0.2, -0.15) is 0 Å². The molecule has 1 heterocycles. The minimum atomic E-state index is -1.05. The summed E-state index contributed by atoms with van der Waals surface area (Å²) in [7, 11) is 0. The number of nitrogens with two attached hydrogens (primary N) is 1. The smallest absolute Gasteiger partial charge is 0.337 e. The zero-order valence-electron chi connectivity index (χ0n) is 11.0. The summed E-state index contributed by atoms with van der Waals surface area (Å²) in [6.45, 7) is 2.90. The zero-order valence-corrected chi connectivity index (χ0v) is 12.6. The van der Waals surface area contributed by atoms with Gasteiger partial charge in [0.25, 0.3) is 0 Å². The number of carbonyl (C=O) groups is 2. The largest absolute Gasteiger partial charge is 0.478 e. The van der Waals surface area contributed by atoms with Crippen molar-refractivity contribution in [1.29, 1.82) is 0 Å². The van der Waals surface area contributed by atoms with Crippen LogP contribution in [-0.2, 0) is 4.79 Å². The average Bonchev–Trinajstić information content (AvgIpc) is 2.75. The van der Waals surface area contributed by atoms with E-state index in [0.717, 1.165) is 23.1 Å². The van der Waals surface area contributed by atoms with Gasteiger partial charge in [-0.1, -0.05) is 0 Å². The van der Waals surface area contributed by atoms with Crippen molar-refractivity contribution >= 4 is 39.2 Å². The van der Waals surface area contributed by atoms with Gasteiger partial charge in [0, 0.05) is 36.2 Å². The topological polar surface area (TPSA) is 95.7 Å². The number of benzene rings is 1. The third-order valence-corrected chi connectivity index (χ3v) is 3.92. The minimum absolute atomic E-state index is 0.0561. The fraction of sp³-hybridized carbons (Fsp3) is 0.385. The molecule has 0 aliphatic carbocycles. The molecule has 0 spiro atoms. The van der Waals surface area contributed by atoms with Crippen molar-refractivity contribution in [3.8, 4) is 0 Å². The van der Waals surface area contributed by atoms with Gasteiger partial charge in [-0.15, -0.1) is 0 Å². The third kappa shape index (κ3) is 3.04. The lowest BCUT2D eigenvalue weighted by Gasteiger charge is -2.21. The summed E-state index contributed by atoms with van der Waals surface area (Å²) >= 11 is 3.41. The van der Waals surface area contributed by atoms with Crippen molar-refractivity contribution in [1.82, 2.24) is 5.32 Å². The van der Waals surface area contributed by atoms with Crippen molar-refractivity contribution in [2.24, 2.45) is 0 Å². The first-order valence-electron chi connectivity index (χ1n) is 6.23. The molecule has 1 aliphatic rings. The molecule has 1 atom stereocenters. The highest BCUT2D eigenvalue weighted by Gasteiger charge is 2.25. The summed E-state index contributed by atoms with van der Waals surface area (Å²) in [5.41, 5.74) is 6.80. The van der Waals surface area contributed by atoms with E-state index in [2.05, 4.69) is 21.2 Å². The lowest BCUT2D eigenvalue weighted by Crippen LogP contribution is -2.35. The van der Waals surface area contributed by atoms with Gasteiger partial charge < -0.3 is 21.1 Å². The molecule has 1 aromatic carbocycles. The van der Waals surface area contributed by atoms with Crippen LogP contribution in [0.1, 0.15) is 23.7 Å². The molecule has 7 heteroatoms. The standard InChI is InChI=1S/C13H16BrN3O3/c1-7(18)16-8-2-3-17(6-8)12-4-9(13(19)20)11(15)5-10(12)14/h4-5,8H,2-3,6,15H2,1H3,(H,16,18)(H,19,20)/t8-/m1/s1. The number of carboxylic acids is 1. The lowest BCUT2D eigenvalue weighted by atomic mass is 10.1. The van der Waals surface area contributed by atoms with E-state index in [9.17, 15) is 9.59 Å². The maximum Gasteiger partial charge on any atom is 0.337 e. The maximum atomic E-state index is 11.1. The van der Waals surface area contributed by atoms with E-state index < -0.39 is 5.97 Å². The fourth-order valence-electron chi connectivity index (χ4n) is 2.39. The Kier molecular flexibility index (Phi) is 4.17. The number of carbonyl (C=O) groups excluding carboxylic acids is 1. The van der Waals surface area contributed by atoms with E-state index in [4.69, 9.17) is 10.8 Å². The predicted octanol–water partition coefficient (Wildman–Crippen LogP) is 1.44. The Morgan fingerprint density at radius 3 is 2.80 bits per heavy atom. The molecule has 1 fully saturated rings. The SMILES string of the molecule is CC(=O)N[C@@H]1CCN(c2cc(C(=O)O)c(N)cc2Br)C1. The predicted molar refractivity (Wildman–Crippen MR) is 79.9 cm³/mol. The number of anilines is 2. The average molecular weight is 342 g/mol. The van der Waals surface area contributed by atoms with Gasteiger partial charge in [-0.25, -0.2) is 4.79 Å². The van der Waals surface area contributed by atoms with E-state index in [1.165, 1.54) is 6.92 Å². The molecule has 0 unspecified atom stereocenters. The molecule has 0 radical (unpaired) electrons. The highest BCUT2D eigenvalue weighted by atomic mass is 79.9. The number of aromatic carboxylic acids is 1. The molecule has 1 amide bonds. The molecule has 0 saturated carbocycles. The van der Waals surface area contributed by atoms with Gasteiger partial charge in [-0.05, 0) is 34.5 Å². The number of hydrogen-bond donors (Lipinski definition) is 3. The quantitative estimate of drug-likeness (QED) is 0.723. The first-order chi connectivity index (χ1) is 9.38. The van der Waals surface area contributed by atoms with Crippen molar-refractivity contribution in [2.45, 2.75) is 19.4 Å². The summed E-state index contributed by atoms with van der Waals surface area (Å²) in [6.07, 6.45) is 0.832. The maximum absolute atomic E-state index is 11.1. The number of carboxylic acid groups (broad SMARTS) is 1. The number of rotatable bonds is 3. The molecule has 2 rings (SSSR count). The van der Waals surface area contributed by atoms with E-state index in [0.29, 0.717) is 6.54 Å². The monoisotopic (exact) mass is 341 g/mol. The number of nitrogens with zero attached hydrogens (tertiary/aromatic N) is 1. The van der Waals surface area contributed by atoms with Crippen molar-refractivity contribution in [3.05, 3.63) is 22.2 Å². The molecule has 0 aromatic heterocycles. The lowest BCUT2D eigenvalue weighted by molar-refractivity contribution is -0.119. The van der Waals surface area contributed by atoms with Crippen LogP contribution in [0, 0.1) is 0 Å². The van der Waals surface area contributed by atoms with Crippen LogP contribution in [0.15, 0.2) is 16.6 Å². The summed E-state index contributed by atoms with van der Waals surface area (Å²) in [6, 6.07) is 3.26. The van der Waals surface area contributed by atoms with Crippen LogP contribution in [0.4, 0.5) is 11.4 Å².